The smallest absolute Gasteiger partial charge is 0.337 e. The molecule has 0 spiro atoms. The van der Waals surface area contributed by atoms with E-state index in [0.717, 1.165) is 4.47 Å². The number of benzene rings is 3. The van der Waals surface area contributed by atoms with E-state index in [1.54, 1.807) is 48.5 Å². The molecule has 3 rings (SSSR count). The number of rotatable bonds is 6. The predicted molar refractivity (Wildman–Crippen MR) is 131 cm³/mol. The second-order valence-corrected chi connectivity index (χ2v) is 7.69. The maximum atomic E-state index is 12.7. The van der Waals surface area contributed by atoms with Crippen molar-refractivity contribution in [1.82, 2.24) is 5.43 Å². The Balaban J connectivity index is 1.60. The van der Waals surface area contributed by atoms with Gasteiger partial charge in [0, 0.05) is 10.2 Å². The van der Waals surface area contributed by atoms with Crippen molar-refractivity contribution in [3.63, 3.8) is 0 Å². The van der Waals surface area contributed by atoms with Gasteiger partial charge in [-0.05, 0) is 54.1 Å². The fourth-order valence-electron chi connectivity index (χ4n) is 2.74. The van der Waals surface area contributed by atoms with Gasteiger partial charge < -0.3 is 15.4 Å². The molecule has 3 N–H and O–H groups in total. The summed E-state index contributed by atoms with van der Waals surface area (Å²) in [4.78, 5) is 48.5. The molecule has 0 fully saturated rings. The van der Waals surface area contributed by atoms with Gasteiger partial charge in [0.15, 0.2) is 0 Å². The number of para-hydroxylation sites is 1. The maximum Gasteiger partial charge on any atom is 0.337 e. The zero-order valence-corrected chi connectivity index (χ0v) is 19.5. The number of ether oxygens (including phenoxy) is 1. The van der Waals surface area contributed by atoms with Crippen LogP contribution in [-0.2, 0) is 14.3 Å². The SMILES string of the molecule is COC(=O)c1ccc(C=NNC(=O)C(=O)Nc2ccccc2C(=O)Nc2ccc(Br)cc2)cc1. The number of carbonyl (C=O) groups excluding carboxylic acids is 4. The molecule has 0 unspecified atom stereocenters. The zero-order chi connectivity index (χ0) is 24.5. The Labute approximate surface area is 203 Å². The summed E-state index contributed by atoms with van der Waals surface area (Å²) in [6, 6.07) is 19.6. The third-order valence-electron chi connectivity index (χ3n) is 4.44. The van der Waals surface area contributed by atoms with Crippen LogP contribution in [-0.4, -0.2) is 37.0 Å². The first kappa shape index (κ1) is 24.3. The van der Waals surface area contributed by atoms with Crippen LogP contribution in [0.5, 0.6) is 0 Å². The summed E-state index contributed by atoms with van der Waals surface area (Å²) in [7, 11) is 1.28. The molecule has 34 heavy (non-hydrogen) atoms. The second kappa shape index (κ2) is 11.5. The molecule has 0 aliphatic heterocycles. The molecule has 0 aliphatic carbocycles. The van der Waals surface area contributed by atoms with Crippen LogP contribution in [0.4, 0.5) is 11.4 Å². The van der Waals surface area contributed by atoms with Gasteiger partial charge in [-0.1, -0.05) is 40.2 Å². The number of amides is 3. The van der Waals surface area contributed by atoms with Gasteiger partial charge in [-0.3, -0.25) is 14.4 Å². The third-order valence-corrected chi connectivity index (χ3v) is 4.97. The number of hydrogen-bond donors (Lipinski definition) is 3. The van der Waals surface area contributed by atoms with Crippen molar-refractivity contribution in [2.24, 2.45) is 5.10 Å². The van der Waals surface area contributed by atoms with E-state index >= 15 is 0 Å². The first-order chi connectivity index (χ1) is 16.4. The Hall–Kier alpha value is -4.31. The van der Waals surface area contributed by atoms with Crippen LogP contribution < -0.4 is 16.1 Å². The van der Waals surface area contributed by atoms with E-state index in [2.05, 4.69) is 41.8 Å². The van der Waals surface area contributed by atoms with Crippen LogP contribution in [0, 0.1) is 0 Å². The summed E-state index contributed by atoms with van der Waals surface area (Å²) in [5.41, 5.74) is 3.99. The summed E-state index contributed by atoms with van der Waals surface area (Å²) in [6.07, 6.45) is 1.31. The molecule has 3 amide bonds. The van der Waals surface area contributed by atoms with E-state index < -0.39 is 23.7 Å². The van der Waals surface area contributed by atoms with E-state index in [4.69, 9.17) is 0 Å². The minimum Gasteiger partial charge on any atom is -0.465 e. The van der Waals surface area contributed by atoms with Crippen molar-refractivity contribution in [2.45, 2.75) is 0 Å². The summed E-state index contributed by atoms with van der Waals surface area (Å²) < 4.78 is 5.49. The first-order valence-electron chi connectivity index (χ1n) is 9.86. The highest BCUT2D eigenvalue weighted by Crippen LogP contribution is 2.19. The van der Waals surface area contributed by atoms with Gasteiger partial charge >= 0.3 is 17.8 Å². The molecule has 0 heterocycles. The fraction of sp³-hybridized carbons (Fsp3) is 0.0417. The highest BCUT2D eigenvalue weighted by molar-refractivity contribution is 9.10. The highest BCUT2D eigenvalue weighted by atomic mass is 79.9. The molecule has 9 nitrogen and oxygen atoms in total. The van der Waals surface area contributed by atoms with E-state index in [9.17, 15) is 19.2 Å². The fourth-order valence-corrected chi connectivity index (χ4v) is 3.00. The van der Waals surface area contributed by atoms with E-state index in [1.807, 2.05) is 0 Å². The zero-order valence-electron chi connectivity index (χ0n) is 17.9. The van der Waals surface area contributed by atoms with Crippen molar-refractivity contribution >= 4 is 57.2 Å². The Kier molecular flexibility index (Phi) is 8.25. The number of nitrogens with zero attached hydrogens (tertiary/aromatic N) is 1. The van der Waals surface area contributed by atoms with Gasteiger partial charge in [0.05, 0.1) is 30.1 Å². The van der Waals surface area contributed by atoms with Crippen molar-refractivity contribution < 1.29 is 23.9 Å². The molecule has 0 radical (unpaired) electrons. The van der Waals surface area contributed by atoms with Gasteiger partial charge in [-0.25, -0.2) is 10.2 Å². The maximum absolute atomic E-state index is 12.7. The summed E-state index contributed by atoms with van der Waals surface area (Å²) in [6.45, 7) is 0. The van der Waals surface area contributed by atoms with E-state index in [1.165, 1.54) is 37.6 Å². The van der Waals surface area contributed by atoms with Crippen LogP contribution in [0.2, 0.25) is 0 Å². The van der Waals surface area contributed by atoms with Gasteiger partial charge in [0.1, 0.15) is 0 Å². The van der Waals surface area contributed by atoms with Crippen LogP contribution >= 0.6 is 15.9 Å². The molecular weight excluding hydrogens is 504 g/mol. The Bertz CT molecular complexity index is 1240. The van der Waals surface area contributed by atoms with Gasteiger partial charge in [0.25, 0.3) is 5.91 Å². The third kappa shape index (κ3) is 6.59. The molecule has 0 bridgehead atoms. The number of nitrogens with one attached hydrogen (secondary N) is 3. The van der Waals surface area contributed by atoms with Crippen LogP contribution in [0.25, 0.3) is 0 Å². The largest absolute Gasteiger partial charge is 0.465 e. The standard InChI is InChI=1S/C24H19BrN4O5/c1-34-24(33)16-8-6-15(7-9-16)14-26-29-23(32)22(31)28-20-5-3-2-4-19(20)21(30)27-18-12-10-17(25)11-13-18/h2-14H,1H3,(H,27,30)(H,28,31)(H,29,32). The summed E-state index contributed by atoms with van der Waals surface area (Å²) in [5, 5.41) is 8.88. The molecule has 3 aromatic carbocycles. The Morgan fingerprint density at radius 1 is 0.853 bits per heavy atom. The number of halogens is 1. The monoisotopic (exact) mass is 522 g/mol. The molecule has 10 heteroatoms. The van der Waals surface area contributed by atoms with Crippen molar-refractivity contribution in [1.29, 1.82) is 0 Å². The number of anilines is 2. The van der Waals surface area contributed by atoms with Gasteiger partial charge in [0.2, 0.25) is 0 Å². The van der Waals surface area contributed by atoms with Gasteiger partial charge in [-0.2, -0.15) is 5.10 Å². The molecule has 0 saturated heterocycles. The minimum atomic E-state index is -1.02. The lowest BCUT2D eigenvalue weighted by atomic mass is 10.1. The minimum absolute atomic E-state index is 0.166. The molecule has 172 valence electrons. The quantitative estimate of drug-likeness (QED) is 0.197. The first-order valence-corrected chi connectivity index (χ1v) is 10.7. The molecule has 0 atom stereocenters. The molecular formula is C24H19BrN4O5. The number of esters is 1. The molecule has 0 aliphatic rings. The number of carbonyl (C=O) groups is 4. The number of hydrogen-bond acceptors (Lipinski definition) is 6. The average Bonchev–Trinajstić information content (AvgIpc) is 2.85. The van der Waals surface area contributed by atoms with E-state index in [-0.39, 0.29) is 11.3 Å². The highest BCUT2D eigenvalue weighted by Gasteiger charge is 2.17. The predicted octanol–water partition coefficient (Wildman–Crippen LogP) is 3.58. The van der Waals surface area contributed by atoms with Crippen molar-refractivity contribution in [2.75, 3.05) is 17.7 Å². The lowest BCUT2D eigenvalue weighted by molar-refractivity contribution is -0.136. The lowest BCUT2D eigenvalue weighted by Gasteiger charge is -2.11. The van der Waals surface area contributed by atoms with Crippen LogP contribution in [0.3, 0.4) is 0 Å². The average molecular weight is 523 g/mol. The van der Waals surface area contributed by atoms with Gasteiger partial charge in [-0.15, -0.1) is 0 Å². The van der Waals surface area contributed by atoms with Crippen LogP contribution in [0.1, 0.15) is 26.3 Å². The van der Waals surface area contributed by atoms with E-state index in [0.29, 0.717) is 16.8 Å². The topological polar surface area (TPSA) is 126 Å². The van der Waals surface area contributed by atoms with Crippen molar-refractivity contribution in [3.05, 3.63) is 94.0 Å². The molecule has 3 aromatic rings. The Morgan fingerprint density at radius 3 is 2.21 bits per heavy atom. The Morgan fingerprint density at radius 2 is 1.53 bits per heavy atom. The summed E-state index contributed by atoms with van der Waals surface area (Å²) >= 11 is 3.33. The second-order valence-electron chi connectivity index (χ2n) is 6.77. The lowest BCUT2D eigenvalue weighted by Crippen LogP contribution is -2.33. The number of methoxy groups -OCH3 is 1. The molecule has 0 saturated carbocycles. The summed E-state index contributed by atoms with van der Waals surface area (Å²) in [5.74, 6) is -2.95. The number of hydrazone groups is 1. The van der Waals surface area contributed by atoms with Crippen LogP contribution in [0.15, 0.2) is 82.4 Å². The molecule has 0 aromatic heterocycles. The van der Waals surface area contributed by atoms with Crippen molar-refractivity contribution in [3.8, 4) is 0 Å². The normalized spacial score (nSPS) is 10.4.